The number of carbonyl (C=O) groups excluding carboxylic acids is 3. The highest BCUT2D eigenvalue weighted by molar-refractivity contribution is 5.87. The van der Waals surface area contributed by atoms with Crippen LogP contribution in [-0.4, -0.2) is 48.9 Å². The van der Waals surface area contributed by atoms with Crippen LogP contribution in [0.3, 0.4) is 0 Å². The highest BCUT2D eigenvalue weighted by Crippen LogP contribution is 2.51. The van der Waals surface area contributed by atoms with Gasteiger partial charge in [0.2, 0.25) is 0 Å². The molecule has 0 aromatic carbocycles. The van der Waals surface area contributed by atoms with Crippen molar-refractivity contribution in [2.24, 2.45) is 17.8 Å². The van der Waals surface area contributed by atoms with Gasteiger partial charge in [-0.15, -0.1) is 0 Å². The Bertz CT molecular complexity index is 502. The fourth-order valence-electron chi connectivity index (χ4n) is 3.39. The molecule has 0 saturated carbocycles. The van der Waals surface area contributed by atoms with Gasteiger partial charge in [-0.25, -0.2) is 0 Å². The third kappa shape index (κ3) is 2.10. The van der Waals surface area contributed by atoms with Crippen LogP contribution in [0.25, 0.3) is 0 Å². The summed E-state index contributed by atoms with van der Waals surface area (Å²) in [5.41, 5.74) is 0. The van der Waals surface area contributed by atoms with Crippen LogP contribution in [0.5, 0.6) is 0 Å². The van der Waals surface area contributed by atoms with Crippen LogP contribution < -0.4 is 0 Å². The van der Waals surface area contributed by atoms with Gasteiger partial charge in [-0.05, 0) is 13.3 Å². The van der Waals surface area contributed by atoms with Crippen LogP contribution in [0.2, 0.25) is 0 Å². The zero-order valence-electron chi connectivity index (χ0n) is 12.8. The quantitative estimate of drug-likeness (QED) is 0.538. The molecule has 0 spiro atoms. The maximum atomic E-state index is 12.1. The van der Waals surface area contributed by atoms with E-state index in [0.29, 0.717) is 6.42 Å². The molecule has 0 amide bonds. The smallest absolute Gasteiger partial charge is 0.313 e. The molecule has 0 aromatic rings. The van der Waals surface area contributed by atoms with Gasteiger partial charge in [0, 0.05) is 0 Å². The largest absolute Gasteiger partial charge is 0.466 e. The number of carbonyl (C=O) groups is 3. The normalized spacial score (nSPS) is 39.5. The van der Waals surface area contributed by atoms with Crippen molar-refractivity contribution in [1.29, 1.82) is 0 Å². The third-order valence-electron chi connectivity index (χ3n) is 4.73. The standard InChI is InChI=1S/C15H20O7/c1-4-6(3)13(16)21-11-9-7(14(17)19-5-2)8-10(20-9)12(11)22-15(8)18/h6-12H,4-5H2,1-3H3. The van der Waals surface area contributed by atoms with Gasteiger partial charge in [-0.1, -0.05) is 13.8 Å². The van der Waals surface area contributed by atoms with Gasteiger partial charge in [-0.2, -0.15) is 0 Å². The Morgan fingerprint density at radius 3 is 2.59 bits per heavy atom. The van der Waals surface area contributed by atoms with Crippen molar-refractivity contribution >= 4 is 17.9 Å². The lowest BCUT2D eigenvalue weighted by Gasteiger charge is -2.27. The summed E-state index contributed by atoms with van der Waals surface area (Å²) in [7, 11) is 0. The topological polar surface area (TPSA) is 88.1 Å². The van der Waals surface area contributed by atoms with Crippen LogP contribution in [0.1, 0.15) is 27.2 Å². The summed E-state index contributed by atoms with van der Waals surface area (Å²) in [6.45, 7) is 5.57. The second kappa shape index (κ2) is 5.53. The minimum Gasteiger partial charge on any atom is -0.466 e. The second-order valence-electron chi connectivity index (χ2n) is 5.98. The van der Waals surface area contributed by atoms with Crippen molar-refractivity contribution in [3.8, 4) is 0 Å². The molecule has 22 heavy (non-hydrogen) atoms. The van der Waals surface area contributed by atoms with Gasteiger partial charge < -0.3 is 18.9 Å². The van der Waals surface area contributed by atoms with Gasteiger partial charge in [-0.3, -0.25) is 14.4 Å². The molecule has 0 N–H and O–H groups in total. The molecular weight excluding hydrogens is 292 g/mol. The zero-order chi connectivity index (χ0) is 16.0. The monoisotopic (exact) mass is 312 g/mol. The minimum absolute atomic E-state index is 0.217. The van der Waals surface area contributed by atoms with E-state index in [1.807, 2.05) is 6.92 Å². The maximum Gasteiger partial charge on any atom is 0.313 e. The van der Waals surface area contributed by atoms with E-state index < -0.39 is 48.2 Å². The predicted octanol–water partition coefficient (Wildman–Crippen LogP) is 0.446. The summed E-state index contributed by atoms with van der Waals surface area (Å²) in [6, 6.07) is 0. The average Bonchev–Trinajstić information content (AvgIpc) is 3.09. The van der Waals surface area contributed by atoms with Crippen molar-refractivity contribution in [1.82, 2.24) is 0 Å². The Labute approximate surface area is 128 Å². The van der Waals surface area contributed by atoms with Crippen LogP contribution in [0, 0.1) is 17.8 Å². The summed E-state index contributed by atoms with van der Waals surface area (Å²) in [6.07, 6.45) is -1.89. The molecule has 3 fully saturated rings. The Morgan fingerprint density at radius 1 is 1.23 bits per heavy atom. The molecule has 3 rings (SSSR count). The molecule has 7 heteroatoms. The molecule has 2 bridgehead atoms. The molecule has 0 aliphatic carbocycles. The third-order valence-corrected chi connectivity index (χ3v) is 4.73. The molecule has 3 heterocycles. The lowest BCUT2D eigenvalue weighted by atomic mass is 9.78. The Balaban J connectivity index is 1.81. The molecule has 122 valence electrons. The van der Waals surface area contributed by atoms with Crippen molar-refractivity contribution in [2.45, 2.75) is 51.6 Å². The van der Waals surface area contributed by atoms with Crippen molar-refractivity contribution in [3.63, 3.8) is 0 Å². The van der Waals surface area contributed by atoms with Gasteiger partial charge >= 0.3 is 17.9 Å². The summed E-state index contributed by atoms with van der Waals surface area (Å²) in [4.78, 5) is 36.2. The molecule has 7 nitrogen and oxygen atoms in total. The molecule has 7 unspecified atom stereocenters. The van der Waals surface area contributed by atoms with E-state index in [1.54, 1.807) is 13.8 Å². The van der Waals surface area contributed by atoms with Gasteiger partial charge in [0.15, 0.2) is 12.2 Å². The van der Waals surface area contributed by atoms with Crippen molar-refractivity contribution in [3.05, 3.63) is 0 Å². The average molecular weight is 312 g/mol. The number of esters is 3. The first-order valence-electron chi connectivity index (χ1n) is 7.72. The number of rotatable bonds is 5. The molecule has 3 aliphatic heterocycles. The fraction of sp³-hybridized carbons (Fsp3) is 0.800. The summed E-state index contributed by atoms with van der Waals surface area (Å²) >= 11 is 0. The SMILES string of the molecule is CCOC(=O)C1C2OC3C(OC(=O)C31)C2OC(=O)C(C)CC. The summed E-state index contributed by atoms with van der Waals surface area (Å²) < 4.78 is 21.5. The van der Waals surface area contributed by atoms with Crippen LogP contribution in [-0.2, 0) is 33.3 Å². The first-order valence-corrected chi connectivity index (χ1v) is 7.72. The van der Waals surface area contributed by atoms with Crippen LogP contribution >= 0.6 is 0 Å². The van der Waals surface area contributed by atoms with Crippen molar-refractivity contribution in [2.75, 3.05) is 6.61 Å². The van der Waals surface area contributed by atoms with Gasteiger partial charge in [0.25, 0.3) is 0 Å². The fourth-order valence-corrected chi connectivity index (χ4v) is 3.39. The Morgan fingerprint density at radius 2 is 1.95 bits per heavy atom. The molecule has 0 aromatic heterocycles. The van der Waals surface area contributed by atoms with E-state index in [2.05, 4.69) is 0 Å². The maximum absolute atomic E-state index is 12.1. The second-order valence-corrected chi connectivity index (χ2v) is 5.98. The first kappa shape index (κ1) is 15.3. The molecule has 3 aliphatic rings. The minimum atomic E-state index is -0.758. The molecule has 0 radical (unpaired) electrons. The van der Waals surface area contributed by atoms with E-state index in [9.17, 15) is 14.4 Å². The molecule has 3 saturated heterocycles. The highest BCUT2D eigenvalue weighted by atomic mass is 16.7. The summed E-state index contributed by atoms with van der Waals surface area (Å²) in [5.74, 6) is -3.00. The van der Waals surface area contributed by atoms with Gasteiger partial charge in [0.05, 0.1) is 12.5 Å². The van der Waals surface area contributed by atoms with E-state index in [1.165, 1.54) is 0 Å². The van der Waals surface area contributed by atoms with E-state index in [0.717, 1.165) is 0 Å². The zero-order valence-corrected chi connectivity index (χ0v) is 12.8. The molecule has 7 atom stereocenters. The summed E-state index contributed by atoms with van der Waals surface area (Å²) in [5, 5.41) is 0. The Hall–Kier alpha value is -1.63. The van der Waals surface area contributed by atoms with Crippen LogP contribution in [0.15, 0.2) is 0 Å². The number of ether oxygens (including phenoxy) is 4. The predicted molar refractivity (Wildman–Crippen MR) is 71.5 cm³/mol. The Kier molecular flexibility index (Phi) is 3.84. The van der Waals surface area contributed by atoms with E-state index in [-0.39, 0.29) is 18.5 Å². The first-order chi connectivity index (χ1) is 10.5. The number of hydrogen-bond acceptors (Lipinski definition) is 7. The van der Waals surface area contributed by atoms with E-state index in [4.69, 9.17) is 18.9 Å². The molecular formula is C15H20O7. The van der Waals surface area contributed by atoms with Gasteiger partial charge in [0.1, 0.15) is 24.0 Å². The number of hydrogen-bond donors (Lipinski definition) is 0. The van der Waals surface area contributed by atoms with Crippen LogP contribution in [0.4, 0.5) is 0 Å². The number of fused-ring (bicyclic) bond motifs is 1. The highest BCUT2D eigenvalue weighted by Gasteiger charge is 2.72. The lowest BCUT2D eigenvalue weighted by Crippen LogP contribution is -2.48. The van der Waals surface area contributed by atoms with Crippen molar-refractivity contribution < 1.29 is 33.3 Å². The lowest BCUT2D eigenvalue weighted by molar-refractivity contribution is -0.166. The van der Waals surface area contributed by atoms with E-state index >= 15 is 0 Å².